The van der Waals surface area contributed by atoms with Gasteiger partial charge in [0.1, 0.15) is 0 Å². The van der Waals surface area contributed by atoms with Gasteiger partial charge in [0.15, 0.2) is 5.82 Å². The van der Waals surface area contributed by atoms with Gasteiger partial charge in [-0.3, -0.25) is 9.48 Å². The molecule has 0 atom stereocenters. The molecule has 0 bridgehead atoms. The molecule has 6 heteroatoms. The van der Waals surface area contributed by atoms with Gasteiger partial charge in [0.2, 0.25) is 5.91 Å². The molecule has 2 heterocycles. The summed E-state index contributed by atoms with van der Waals surface area (Å²) in [6.45, 7) is 11.2. The predicted octanol–water partition coefficient (Wildman–Crippen LogP) is 3.18. The van der Waals surface area contributed by atoms with Crippen molar-refractivity contribution in [2.75, 3.05) is 5.32 Å². The maximum Gasteiger partial charge on any atom is 0.230 e. The average Bonchev–Trinajstić information content (AvgIpc) is 3.30. The van der Waals surface area contributed by atoms with Gasteiger partial charge in [-0.1, -0.05) is 20.8 Å². The molecule has 0 spiro atoms. The lowest BCUT2D eigenvalue weighted by Crippen LogP contribution is -2.18. The van der Waals surface area contributed by atoms with Gasteiger partial charge in [0.25, 0.3) is 0 Å². The van der Waals surface area contributed by atoms with Crippen LogP contribution >= 0.6 is 0 Å². The Morgan fingerprint density at radius 2 is 1.96 bits per heavy atom. The topological polar surface area (TPSA) is 72.7 Å². The third-order valence-corrected chi connectivity index (χ3v) is 4.70. The fourth-order valence-corrected chi connectivity index (χ4v) is 2.86. The van der Waals surface area contributed by atoms with Crippen molar-refractivity contribution in [3.63, 3.8) is 0 Å². The minimum atomic E-state index is -0.0880. The molecule has 1 aliphatic rings. The van der Waals surface area contributed by atoms with Gasteiger partial charge >= 0.3 is 0 Å². The third-order valence-electron chi connectivity index (χ3n) is 4.70. The lowest BCUT2D eigenvalue weighted by atomic mass is 9.92. The van der Waals surface area contributed by atoms with Crippen LogP contribution in [0.1, 0.15) is 56.3 Å². The van der Waals surface area contributed by atoms with Crippen LogP contribution in [-0.2, 0) is 23.2 Å². The van der Waals surface area contributed by atoms with Crippen LogP contribution in [0.25, 0.3) is 0 Å². The van der Waals surface area contributed by atoms with Crippen molar-refractivity contribution in [1.82, 2.24) is 20.0 Å². The number of carbonyl (C=O) groups excluding carboxylic acids is 1. The number of hydrogen-bond acceptors (Lipinski definition) is 4. The molecule has 1 saturated carbocycles. The fraction of sp³-hybridized carbons (Fsp3) is 0.579. The van der Waals surface area contributed by atoms with E-state index in [1.165, 1.54) is 12.8 Å². The van der Waals surface area contributed by atoms with E-state index in [2.05, 4.69) is 41.4 Å². The Kier molecular flexibility index (Phi) is 4.62. The van der Waals surface area contributed by atoms with Gasteiger partial charge in [-0.2, -0.15) is 10.2 Å². The second kappa shape index (κ2) is 6.58. The summed E-state index contributed by atoms with van der Waals surface area (Å²) in [6, 6.07) is 3.72. The fourth-order valence-electron chi connectivity index (χ4n) is 2.86. The molecule has 0 saturated heterocycles. The highest BCUT2D eigenvalue weighted by atomic mass is 16.1. The third kappa shape index (κ3) is 4.24. The van der Waals surface area contributed by atoms with E-state index in [0.29, 0.717) is 12.2 Å². The van der Waals surface area contributed by atoms with Crippen molar-refractivity contribution in [3.8, 4) is 0 Å². The zero-order chi connectivity index (χ0) is 18.2. The van der Waals surface area contributed by atoms with E-state index in [-0.39, 0.29) is 11.3 Å². The van der Waals surface area contributed by atoms with Gasteiger partial charge in [-0.15, -0.1) is 5.10 Å². The van der Waals surface area contributed by atoms with Crippen molar-refractivity contribution in [2.45, 2.75) is 65.8 Å². The minimum absolute atomic E-state index is 0.0557. The highest BCUT2D eigenvalue weighted by molar-refractivity contribution is 5.91. The number of hydrogen-bond donors (Lipinski definition) is 1. The summed E-state index contributed by atoms with van der Waals surface area (Å²) in [5.41, 5.74) is 3.88. The standard InChI is InChI=1S/C19H27N5O/c1-12-15(13(2)24(23-12)11-14-6-7-14)10-18(25)20-17-9-8-16(21-22-17)19(3,4)5/h8-9,14H,6-7,10-11H2,1-5H3,(H,20,22,25). The molecule has 3 rings (SSSR count). The van der Waals surface area contributed by atoms with Crippen LogP contribution in [0.3, 0.4) is 0 Å². The molecule has 1 aliphatic carbocycles. The first-order valence-electron chi connectivity index (χ1n) is 8.91. The molecule has 0 aliphatic heterocycles. The molecule has 134 valence electrons. The highest BCUT2D eigenvalue weighted by Crippen LogP contribution is 2.31. The van der Waals surface area contributed by atoms with Gasteiger partial charge in [0, 0.05) is 23.2 Å². The van der Waals surface area contributed by atoms with Crippen LogP contribution in [0.5, 0.6) is 0 Å². The lowest BCUT2D eigenvalue weighted by Gasteiger charge is -2.16. The molecule has 0 aromatic carbocycles. The van der Waals surface area contributed by atoms with Crippen molar-refractivity contribution < 1.29 is 4.79 Å². The summed E-state index contributed by atoms with van der Waals surface area (Å²) in [6.07, 6.45) is 2.89. The average molecular weight is 341 g/mol. The zero-order valence-electron chi connectivity index (χ0n) is 15.8. The van der Waals surface area contributed by atoms with Gasteiger partial charge in [-0.05, 0) is 44.7 Å². The summed E-state index contributed by atoms with van der Waals surface area (Å²) in [5.74, 6) is 1.16. The maximum atomic E-state index is 12.4. The molecule has 1 fully saturated rings. The summed E-state index contributed by atoms with van der Waals surface area (Å²) in [7, 11) is 0. The van der Waals surface area contributed by atoms with Crippen molar-refractivity contribution in [2.24, 2.45) is 5.92 Å². The first-order chi connectivity index (χ1) is 11.7. The van der Waals surface area contributed by atoms with E-state index in [9.17, 15) is 4.79 Å². The first kappa shape index (κ1) is 17.6. The smallest absolute Gasteiger partial charge is 0.230 e. The van der Waals surface area contributed by atoms with Crippen LogP contribution in [0.4, 0.5) is 5.82 Å². The molecule has 25 heavy (non-hydrogen) atoms. The second-order valence-electron chi connectivity index (χ2n) is 8.05. The summed E-state index contributed by atoms with van der Waals surface area (Å²) < 4.78 is 2.05. The molecule has 0 unspecified atom stereocenters. The van der Waals surface area contributed by atoms with Crippen LogP contribution in [0.2, 0.25) is 0 Å². The van der Waals surface area contributed by atoms with Crippen LogP contribution in [-0.4, -0.2) is 25.9 Å². The molecular weight excluding hydrogens is 314 g/mol. The van der Waals surface area contributed by atoms with E-state index >= 15 is 0 Å². The second-order valence-corrected chi connectivity index (χ2v) is 8.05. The summed E-state index contributed by atoms with van der Waals surface area (Å²) in [4.78, 5) is 12.4. The molecule has 1 N–H and O–H groups in total. The zero-order valence-corrected chi connectivity index (χ0v) is 15.8. The number of nitrogens with zero attached hydrogens (tertiary/aromatic N) is 4. The number of aryl methyl sites for hydroxylation is 1. The van der Waals surface area contributed by atoms with E-state index in [0.717, 1.165) is 35.1 Å². The molecule has 1 amide bonds. The Labute approximate surface area is 149 Å². The number of anilines is 1. The SMILES string of the molecule is Cc1nn(CC2CC2)c(C)c1CC(=O)Nc1ccc(C(C)(C)C)nn1. The number of rotatable bonds is 5. The van der Waals surface area contributed by atoms with E-state index in [4.69, 9.17) is 0 Å². The summed E-state index contributed by atoms with van der Waals surface area (Å²) >= 11 is 0. The van der Waals surface area contributed by atoms with Crippen molar-refractivity contribution >= 4 is 11.7 Å². The van der Waals surface area contributed by atoms with Gasteiger partial charge in [0.05, 0.1) is 17.8 Å². The van der Waals surface area contributed by atoms with Crippen LogP contribution < -0.4 is 5.32 Å². The molecule has 0 radical (unpaired) electrons. The predicted molar refractivity (Wildman–Crippen MR) is 97.5 cm³/mol. The Morgan fingerprint density at radius 1 is 1.24 bits per heavy atom. The van der Waals surface area contributed by atoms with Crippen LogP contribution in [0.15, 0.2) is 12.1 Å². The largest absolute Gasteiger partial charge is 0.309 e. The normalized spacial score (nSPS) is 14.6. The Bertz CT molecular complexity index is 766. The molecule has 2 aromatic heterocycles. The van der Waals surface area contributed by atoms with E-state index in [1.54, 1.807) is 0 Å². The van der Waals surface area contributed by atoms with Crippen molar-refractivity contribution in [1.29, 1.82) is 0 Å². The lowest BCUT2D eigenvalue weighted by molar-refractivity contribution is -0.115. The van der Waals surface area contributed by atoms with Gasteiger partial charge in [-0.25, -0.2) is 0 Å². The number of aromatic nitrogens is 4. The Hall–Kier alpha value is -2.24. The molecule has 2 aromatic rings. The maximum absolute atomic E-state index is 12.4. The summed E-state index contributed by atoms with van der Waals surface area (Å²) in [5, 5.41) is 15.8. The number of amides is 1. The Balaban J connectivity index is 1.65. The quantitative estimate of drug-likeness (QED) is 0.906. The molecule has 6 nitrogen and oxygen atoms in total. The molecular formula is C19H27N5O. The van der Waals surface area contributed by atoms with Gasteiger partial charge < -0.3 is 5.32 Å². The minimum Gasteiger partial charge on any atom is -0.309 e. The highest BCUT2D eigenvalue weighted by Gasteiger charge is 2.24. The first-order valence-corrected chi connectivity index (χ1v) is 8.91. The van der Waals surface area contributed by atoms with E-state index in [1.807, 2.05) is 30.7 Å². The number of carbonyl (C=O) groups is 1. The Morgan fingerprint density at radius 3 is 2.52 bits per heavy atom. The van der Waals surface area contributed by atoms with Crippen LogP contribution in [0, 0.1) is 19.8 Å². The van der Waals surface area contributed by atoms with Crippen molar-refractivity contribution in [3.05, 3.63) is 34.8 Å². The number of nitrogens with one attached hydrogen (secondary N) is 1. The van der Waals surface area contributed by atoms with E-state index < -0.39 is 0 Å². The monoisotopic (exact) mass is 341 g/mol.